The first kappa shape index (κ1) is 20.6. The third-order valence-corrected chi connectivity index (χ3v) is 5.11. The van der Waals surface area contributed by atoms with Gasteiger partial charge in [-0.25, -0.2) is 10.2 Å². The van der Waals surface area contributed by atoms with Crippen molar-refractivity contribution in [1.82, 2.24) is 5.43 Å². The molecule has 0 atom stereocenters. The lowest BCUT2D eigenvalue weighted by Gasteiger charge is -2.13. The third kappa shape index (κ3) is 4.92. The van der Waals surface area contributed by atoms with Crippen molar-refractivity contribution in [3.63, 3.8) is 0 Å². The molecule has 0 bridgehead atoms. The lowest BCUT2D eigenvalue weighted by Crippen LogP contribution is -2.21. The second-order valence-corrected chi connectivity index (χ2v) is 7.02. The first-order chi connectivity index (χ1) is 15.3. The van der Waals surface area contributed by atoms with Gasteiger partial charge < -0.3 is 14.2 Å². The van der Waals surface area contributed by atoms with E-state index in [2.05, 4.69) is 34.8 Å². The summed E-state index contributed by atoms with van der Waals surface area (Å²) in [5, 5.41) is 3.97. The van der Waals surface area contributed by atoms with Crippen LogP contribution in [0.4, 0.5) is 4.79 Å². The summed E-state index contributed by atoms with van der Waals surface area (Å²) in [6, 6.07) is 23.7. The first-order valence-electron chi connectivity index (χ1n) is 10.2. The Labute approximate surface area is 181 Å². The number of carbonyl (C=O) groups excluding carboxylic acids is 1. The molecule has 1 aliphatic rings. The van der Waals surface area contributed by atoms with Crippen molar-refractivity contribution in [2.45, 2.75) is 12.8 Å². The van der Waals surface area contributed by atoms with Crippen LogP contribution in [-0.4, -0.2) is 32.3 Å². The second-order valence-electron chi connectivity index (χ2n) is 7.02. The SMILES string of the molecule is CCOCOc1ccc(/C=N/NC(=O)OCC2c3ccccc3-c3ccccc32)cc1. The minimum absolute atomic E-state index is 0.0198. The highest BCUT2D eigenvalue weighted by Gasteiger charge is 2.28. The fraction of sp³-hybridized carbons (Fsp3) is 0.200. The average Bonchev–Trinajstić information content (AvgIpc) is 3.13. The maximum absolute atomic E-state index is 12.1. The first-order valence-corrected chi connectivity index (χ1v) is 10.2. The number of hydrogen-bond donors (Lipinski definition) is 1. The van der Waals surface area contributed by atoms with E-state index in [1.54, 1.807) is 6.21 Å². The standard InChI is InChI=1S/C25H24N2O4/c1-2-29-17-31-19-13-11-18(12-14-19)15-26-27-25(28)30-16-24-22-9-5-3-7-20(22)21-8-4-6-10-23(21)24/h3-15,24H,2,16-17H2,1H3,(H,27,28)/b26-15+. The zero-order valence-corrected chi connectivity index (χ0v) is 17.3. The highest BCUT2D eigenvalue weighted by Crippen LogP contribution is 2.44. The van der Waals surface area contributed by atoms with Crippen LogP contribution in [0.15, 0.2) is 77.9 Å². The lowest BCUT2D eigenvalue weighted by atomic mass is 9.98. The van der Waals surface area contributed by atoms with Gasteiger partial charge in [-0.15, -0.1) is 0 Å². The van der Waals surface area contributed by atoms with E-state index in [1.165, 1.54) is 22.3 Å². The van der Waals surface area contributed by atoms with Gasteiger partial charge in [0.2, 0.25) is 0 Å². The number of fused-ring (bicyclic) bond motifs is 3. The Morgan fingerprint density at radius 2 is 1.61 bits per heavy atom. The van der Waals surface area contributed by atoms with Crippen LogP contribution in [-0.2, 0) is 9.47 Å². The Bertz CT molecular complexity index is 1020. The summed E-state index contributed by atoms with van der Waals surface area (Å²) in [5.74, 6) is 0.724. The number of ether oxygens (including phenoxy) is 3. The van der Waals surface area contributed by atoms with Gasteiger partial charge in [0.1, 0.15) is 12.4 Å². The van der Waals surface area contributed by atoms with Gasteiger partial charge in [0.15, 0.2) is 6.79 Å². The number of benzene rings is 3. The topological polar surface area (TPSA) is 69.2 Å². The van der Waals surface area contributed by atoms with Gasteiger partial charge in [-0.3, -0.25) is 0 Å². The summed E-state index contributed by atoms with van der Waals surface area (Å²) in [6.45, 7) is 2.98. The molecule has 0 radical (unpaired) electrons. The van der Waals surface area contributed by atoms with Gasteiger partial charge >= 0.3 is 6.09 Å². The van der Waals surface area contributed by atoms with Crippen molar-refractivity contribution in [3.05, 3.63) is 89.5 Å². The molecule has 0 unspecified atom stereocenters. The Morgan fingerprint density at radius 3 is 2.26 bits per heavy atom. The molecule has 1 aliphatic carbocycles. The molecule has 31 heavy (non-hydrogen) atoms. The van der Waals surface area contributed by atoms with E-state index >= 15 is 0 Å². The zero-order chi connectivity index (χ0) is 21.5. The van der Waals surface area contributed by atoms with Gasteiger partial charge in [-0.2, -0.15) is 5.10 Å². The summed E-state index contributed by atoms with van der Waals surface area (Å²) in [7, 11) is 0. The summed E-state index contributed by atoms with van der Waals surface area (Å²) < 4.78 is 16.0. The molecule has 1 amide bonds. The third-order valence-electron chi connectivity index (χ3n) is 5.11. The molecule has 0 saturated heterocycles. The van der Waals surface area contributed by atoms with Crippen molar-refractivity contribution in [2.24, 2.45) is 5.10 Å². The van der Waals surface area contributed by atoms with Crippen LogP contribution in [0, 0.1) is 0 Å². The van der Waals surface area contributed by atoms with Crippen molar-refractivity contribution in [3.8, 4) is 16.9 Å². The summed E-state index contributed by atoms with van der Waals surface area (Å²) >= 11 is 0. The predicted octanol–water partition coefficient (Wildman–Crippen LogP) is 4.93. The molecular weight excluding hydrogens is 392 g/mol. The van der Waals surface area contributed by atoms with Crippen LogP contribution in [0.1, 0.15) is 29.5 Å². The summed E-state index contributed by atoms with van der Waals surface area (Å²) in [5.41, 5.74) is 7.97. The molecule has 158 valence electrons. The predicted molar refractivity (Wildman–Crippen MR) is 119 cm³/mol. The average molecular weight is 416 g/mol. The highest BCUT2D eigenvalue weighted by atomic mass is 16.7. The molecule has 3 aromatic carbocycles. The monoisotopic (exact) mass is 416 g/mol. The van der Waals surface area contributed by atoms with E-state index in [0.29, 0.717) is 12.4 Å². The van der Waals surface area contributed by atoms with E-state index in [4.69, 9.17) is 14.2 Å². The highest BCUT2D eigenvalue weighted by molar-refractivity contribution is 5.81. The molecule has 0 fully saturated rings. The number of hydrogen-bond acceptors (Lipinski definition) is 5. The summed E-state index contributed by atoms with van der Waals surface area (Å²) in [6.07, 6.45) is 0.961. The van der Waals surface area contributed by atoms with E-state index < -0.39 is 6.09 Å². The van der Waals surface area contributed by atoms with E-state index in [0.717, 1.165) is 5.56 Å². The normalized spacial score (nSPS) is 12.4. The molecule has 0 aliphatic heterocycles. The minimum Gasteiger partial charge on any atom is -0.468 e. The van der Waals surface area contributed by atoms with Crippen LogP contribution in [0.5, 0.6) is 5.75 Å². The Morgan fingerprint density at radius 1 is 0.968 bits per heavy atom. The fourth-order valence-corrected chi connectivity index (χ4v) is 3.63. The molecule has 0 spiro atoms. The molecular formula is C25H24N2O4. The van der Waals surface area contributed by atoms with Crippen LogP contribution >= 0.6 is 0 Å². The lowest BCUT2D eigenvalue weighted by molar-refractivity contribution is 0.0224. The van der Waals surface area contributed by atoms with Gasteiger partial charge in [0.05, 0.1) is 6.21 Å². The quantitative estimate of drug-likeness (QED) is 0.245. The number of carbonyl (C=O) groups is 1. The maximum Gasteiger partial charge on any atom is 0.427 e. The van der Waals surface area contributed by atoms with Crippen molar-refractivity contribution >= 4 is 12.3 Å². The Balaban J connectivity index is 1.30. The van der Waals surface area contributed by atoms with Gasteiger partial charge in [0.25, 0.3) is 0 Å². The molecule has 1 N–H and O–H groups in total. The van der Waals surface area contributed by atoms with Crippen LogP contribution in [0.3, 0.4) is 0 Å². The maximum atomic E-state index is 12.1. The molecule has 0 heterocycles. The van der Waals surface area contributed by atoms with Gasteiger partial charge in [-0.1, -0.05) is 48.5 Å². The fourth-order valence-electron chi connectivity index (χ4n) is 3.63. The number of rotatable bonds is 8. The van der Waals surface area contributed by atoms with Crippen LogP contribution in [0.25, 0.3) is 11.1 Å². The van der Waals surface area contributed by atoms with Crippen LogP contribution < -0.4 is 10.2 Å². The number of nitrogens with one attached hydrogen (secondary N) is 1. The molecule has 0 aromatic heterocycles. The van der Waals surface area contributed by atoms with Crippen molar-refractivity contribution in [1.29, 1.82) is 0 Å². The van der Waals surface area contributed by atoms with Crippen LogP contribution in [0.2, 0.25) is 0 Å². The molecule has 4 rings (SSSR count). The molecule has 3 aromatic rings. The van der Waals surface area contributed by atoms with Crippen molar-refractivity contribution in [2.75, 3.05) is 20.0 Å². The molecule has 0 saturated carbocycles. The largest absolute Gasteiger partial charge is 0.468 e. The summed E-state index contributed by atoms with van der Waals surface area (Å²) in [4.78, 5) is 12.1. The second kappa shape index (κ2) is 9.91. The van der Waals surface area contributed by atoms with Gasteiger partial charge in [-0.05, 0) is 59.0 Å². The van der Waals surface area contributed by atoms with E-state index in [9.17, 15) is 4.79 Å². The van der Waals surface area contributed by atoms with E-state index in [-0.39, 0.29) is 19.3 Å². The number of hydrazone groups is 1. The van der Waals surface area contributed by atoms with Gasteiger partial charge in [0, 0.05) is 12.5 Å². The smallest absolute Gasteiger partial charge is 0.427 e. The Hall–Kier alpha value is -3.64. The minimum atomic E-state index is -0.588. The number of amides is 1. The molecule has 6 heteroatoms. The Kier molecular flexibility index (Phi) is 6.59. The molecule has 6 nitrogen and oxygen atoms in total. The van der Waals surface area contributed by atoms with Crippen molar-refractivity contribution < 1.29 is 19.0 Å². The van der Waals surface area contributed by atoms with E-state index in [1.807, 2.05) is 55.5 Å². The zero-order valence-electron chi connectivity index (χ0n) is 17.3. The number of nitrogens with zero attached hydrogens (tertiary/aromatic N) is 1.